The van der Waals surface area contributed by atoms with Gasteiger partial charge >= 0.3 is 0 Å². The molecule has 3 N–H and O–H groups in total. The van der Waals surface area contributed by atoms with Crippen LogP contribution in [0, 0.1) is 11.6 Å². The molecule has 0 saturated heterocycles. The molecule has 0 aliphatic heterocycles. The van der Waals surface area contributed by atoms with E-state index in [9.17, 15) is 18.7 Å². The Morgan fingerprint density at radius 2 is 1.81 bits per heavy atom. The zero-order chi connectivity index (χ0) is 19.0. The van der Waals surface area contributed by atoms with E-state index in [2.05, 4.69) is 10.3 Å². The smallest absolute Gasteiger partial charge is 0.220 e. The maximum Gasteiger partial charge on any atom is 0.220 e. The molecule has 1 saturated carbocycles. The fraction of sp³-hybridized carbons (Fsp3) is 0.286. The molecule has 1 aliphatic rings. The van der Waals surface area contributed by atoms with Crippen LogP contribution in [0.15, 0.2) is 42.5 Å². The van der Waals surface area contributed by atoms with Gasteiger partial charge in [0.25, 0.3) is 0 Å². The Morgan fingerprint density at radius 1 is 1.11 bits per heavy atom. The van der Waals surface area contributed by atoms with Crippen LogP contribution in [0.3, 0.4) is 0 Å². The van der Waals surface area contributed by atoms with Crippen LogP contribution in [0.5, 0.6) is 0 Å². The Kier molecular flexibility index (Phi) is 4.66. The third kappa shape index (κ3) is 3.71. The molecule has 1 aromatic heterocycles. The number of fused-ring (bicyclic) bond motifs is 1. The molecular weight excluding hydrogens is 350 g/mol. The predicted molar refractivity (Wildman–Crippen MR) is 99.1 cm³/mol. The minimum Gasteiger partial charge on any atom is -0.393 e. The maximum absolute atomic E-state index is 13.8. The summed E-state index contributed by atoms with van der Waals surface area (Å²) in [5, 5.41) is 12.9. The number of carbonyl (C=O) groups excluding carboxylic acids is 1. The van der Waals surface area contributed by atoms with Gasteiger partial charge in [0.15, 0.2) is 0 Å². The summed E-state index contributed by atoms with van der Waals surface area (Å²) in [6, 6.07) is 10.6. The van der Waals surface area contributed by atoms with Crippen molar-refractivity contribution in [1.82, 2.24) is 10.3 Å². The molecule has 0 unspecified atom stereocenters. The number of halogens is 2. The number of benzene rings is 2. The summed E-state index contributed by atoms with van der Waals surface area (Å²) in [6.45, 7) is 0. The quantitative estimate of drug-likeness (QED) is 0.641. The lowest BCUT2D eigenvalue weighted by Gasteiger charge is -2.31. The van der Waals surface area contributed by atoms with Crippen LogP contribution in [0.1, 0.15) is 24.8 Å². The Bertz CT molecular complexity index is 976. The molecule has 2 aromatic carbocycles. The van der Waals surface area contributed by atoms with Crippen molar-refractivity contribution in [2.75, 3.05) is 0 Å². The molecule has 0 spiro atoms. The zero-order valence-electron chi connectivity index (χ0n) is 14.6. The van der Waals surface area contributed by atoms with Crippen LogP contribution >= 0.6 is 0 Å². The van der Waals surface area contributed by atoms with E-state index in [1.165, 1.54) is 24.3 Å². The number of carbonyl (C=O) groups is 1. The number of nitrogens with one attached hydrogen (secondary N) is 2. The normalized spacial score (nSPS) is 19.1. The highest BCUT2D eigenvalue weighted by molar-refractivity contribution is 5.91. The highest BCUT2D eigenvalue weighted by Crippen LogP contribution is 2.32. The van der Waals surface area contributed by atoms with Crippen molar-refractivity contribution in [1.29, 1.82) is 0 Å². The number of H-pyrrole nitrogens is 1. The van der Waals surface area contributed by atoms with Crippen molar-refractivity contribution in [3.63, 3.8) is 0 Å². The molecule has 140 valence electrons. The molecule has 1 heterocycles. The zero-order valence-corrected chi connectivity index (χ0v) is 14.6. The van der Waals surface area contributed by atoms with E-state index in [-0.39, 0.29) is 36.1 Å². The molecule has 4 nitrogen and oxygen atoms in total. The largest absolute Gasteiger partial charge is 0.393 e. The summed E-state index contributed by atoms with van der Waals surface area (Å²) in [5.41, 5.74) is 3.15. The first-order valence-electron chi connectivity index (χ1n) is 9.03. The minimum atomic E-state index is -0.346. The molecule has 1 amide bonds. The van der Waals surface area contributed by atoms with Gasteiger partial charge in [0.2, 0.25) is 5.91 Å². The van der Waals surface area contributed by atoms with Gasteiger partial charge in [-0.25, -0.2) is 8.78 Å². The number of amides is 1. The van der Waals surface area contributed by atoms with E-state index in [0.29, 0.717) is 19.3 Å². The second-order valence-corrected chi connectivity index (χ2v) is 7.07. The van der Waals surface area contributed by atoms with Gasteiger partial charge in [-0.3, -0.25) is 4.79 Å². The Morgan fingerprint density at radius 3 is 2.52 bits per heavy atom. The lowest BCUT2D eigenvalue weighted by molar-refractivity contribution is -0.123. The van der Waals surface area contributed by atoms with Gasteiger partial charge in [0.05, 0.1) is 6.10 Å². The number of aliphatic hydroxyl groups excluding tert-OH is 1. The number of hydrogen-bond donors (Lipinski definition) is 3. The molecule has 27 heavy (non-hydrogen) atoms. The molecule has 0 radical (unpaired) electrons. The van der Waals surface area contributed by atoms with Crippen LogP contribution in [0.4, 0.5) is 8.78 Å². The van der Waals surface area contributed by atoms with Crippen molar-refractivity contribution in [2.24, 2.45) is 0 Å². The summed E-state index contributed by atoms with van der Waals surface area (Å²) < 4.78 is 27.0. The second kappa shape index (κ2) is 7.12. The summed E-state index contributed by atoms with van der Waals surface area (Å²) in [6.07, 6.45) is 1.54. The van der Waals surface area contributed by atoms with E-state index >= 15 is 0 Å². The van der Waals surface area contributed by atoms with Gasteiger partial charge in [-0.2, -0.15) is 0 Å². The molecule has 1 fully saturated rings. The van der Waals surface area contributed by atoms with Crippen LogP contribution in [-0.4, -0.2) is 28.1 Å². The lowest BCUT2D eigenvalue weighted by Crippen LogP contribution is -2.46. The number of aromatic nitrogens is 1. The Hall–Kier alpha value is -2.73. The molecule has 6 heteroatoms. The molecule has 0 bridgehead atoms. The van der Waals surface area contributed by atoms with E-state index in [4.69, 9.17) is 0 Å². The van der Waals surface area contributed by atoms with E-state index in [0.717, 1.165) is 27.7 Å². The lowest BCUT2D eigenvalue weighted by atomic mass is 9.89. The fourth-order valence-electron chi connectivity index (χ4n) is 3.59. The SMILES string of the molecule is O=C(CCc1c(-c2ccc(F)cc2)[nH]c2ccc(F)cc12)N[C@H]1C[C@H](O)C1. The van der Waals surface area contributed by atoms with Gasteiger partial charge in [-0.1, -0.05) is 0 Å². The molecule has 1 aliphatic carbocycles. The Labute approximate surface area is 155 Å². The third-order valence-corrected chi connectivity index (χ3v) is 5.08. The fourth-order valence-corrected chi connectivity index (χ4v) is 3.59. The molecule has 4 rings (SSSR count). The van der Waals surface area contributed by atoms with E-state index < -0.39 is 0 Å². The average molecular weight is 370 g/mol. The topological polar surface area (TPSA) is 65.1 Å². The van der Waals surface area contributed by atoms with Crippen molar-refractivity contribution < 1.29 is 18.7 Å². The average Bonchev–Trinajstić information content (AvgIpc) is 2.97. The molecular formula is C21H20F2N2O2. The van der Waals surface area contributed by atoms with Crippen molar-refractivity contribution >= 4 is 16.8 Å². The predicted octanol–water partition coefficient (Wildman–Crippen LogP) is 3.69. The Balaban J connectivity index is 1.61. The van der Waals surface area contributed by atoms with Crippen molar-refractivity contribution in [3.8, 4) is 11.3 Å². The van der Waals surface area contributed by atoms with Gasteiger partial charge in [-0.05, 0) is 72.9 Å². The van der Waals surface area contributed by atoms with Crippen LogP contribution < -0.4 is 5.32 Å². The second-order valence-electron chi connectivity index (χ2n) is 7.07. The van der Waals surface area contributed by atoms with Crippen molar-refractivity contribution in [3.05, 3.63) is 59.7 Å². The number of hydrogen-bond acceptors (Lipinski definition) is 2. The van der Waals surface area contributed by atoms with Gasteiger partial charge in [0.1, 0.15) is 11.6 Å². The van der Waals surface area contributed by atoms with E-state index in [1.807, 2.05) is 0 Å². The minimum absolute atomic E-state index is 0.0319. The van der Waals surface area contributed by atoms with Crippen LogP contribution in [-0.2, 0) is 11.2 Å². The number of rotatable bonds is 5. The van der Waals surface area contributed by atoms with Crippen molar-refractivity contribution in [2.45, 2.75) is 37.8 Å². The highest BCUT2D eigenvalue weighted by atomic mass is 19.1. The highest BCUT2D eigenvalue weighted by Gasteiger charge is 2.28. The monoisotopic (exact) mass is 370 g/mol. The standard InChI is InChI=1S/C21H20F2N2O2/c22-13-3-1-12(2-4-13)21-17(18-9-14(23)5-7-19(18)25-21)6-8-20(27)24-15-10-16(26)11-15/h1-5,7,9,15-16,25-26H,6,8,10-11H2,(H,24,27)/t15-,16-. The summed E-state index contributed by atoms with van der Waals surface area (Å²) in [5.74, 6) is -0.770. The number of aliphatic hydroxyl groups is 1. The van der Waals surface area contributed by atoms with Gasteiger partial charge in [0, 0.05) is 29.1 Å². The van der Waals surface area contributed by atoms with Gasteiger partial charge < -0.3 is 15.4 Å². The van der Waals surface area contributed by atoms with E-state index in [1.54, 1.807) is 18.2 Å². The summed E-state index contributed by atoms with van der Waals surface area (Å²) in [4.78, 5) is 15.5. The summed E-state index contributed by atoms with van der Waals surface area (Å²) in [7, 11) is 0. The first-order chi connectivity index (χ1) is 13.0. The maximum atomic E-state index is 13.8. The van der Waals surface area contributed by atoms with Crippen LogP contribution in [0.2, 0.25) is 0 Å². The molecule has 3 aromatic rings. The summed E-state index contributed by atoms with van der Waals surface area (Å²) >= 11 is 0. The number of aryl methyl sites for hydroxylation is 1. The van der Waals surface area contributed by atoms with Crippen LogP contribution in [0.25, 0.3) is 22.2 Å². The van der Waals surface area contributed by atoms with Gasteiger partial charge in [-0.15, -0.1) is 0 Å². The number of aromatic amines is 1. The first kappa shape index (κ1) is 17.7. The first-order valence-corrected chi connectivity index (χ1v) is 9.03. The molecule has 0 atom stereocenters. The third-order valence-electron chi connectivity index (χ3n) is 5.08.